The molecule has 9 heteroatoms. The lowest BCUT2D eigenvalue weighted by Crippen LogP contribution is -2.41. The summed E-state index contributed by atoms with van der Waals surface area (Å²) in [4.78, 5) is 28.6. The van der Waals surface area contributed by atoms with E-state index in [1.807, 2.05) is 12.1 Å². The number of nitrogens with zero attached hydrogens (tertiary/aromatic N) is 3. The van der Waals surface area contributed by atoms with E-state index >= 15 is 0 Å². The van der Waals surface area contributed by atoms with Crippen LogP contribution < -0.4 is 15.8 Å². The van der Waals surface area contributed by atoms with Gasteiger partial charge in [-0.15, -0.1) is 0 Å². The standard InChI is InChI=1S/C20H19ClN6O2/c1-29-13-4-2-3-12(24-13)19-26-17-16(11(21)8-23-20(17)27-19)25-15-10-6-5-9(7-10)14(15)18(22)28/h2-6,8-10,14-15H,7H2,1H3,(H2,22,28)(H2,23,25,26,27). The summed E-state index contributed by atoms with van der Waals surface area (Å²) >= 11 is 6.47. The molecule has 2 aliphatic rings. The molecule has 0 saturated heterocycles. The number of nitrogens with two attached hydrogens (primary N) is 1. The number of methoxy groups -OCH3 is 1. The first-order valence-corrected chi connectivity index (χ1v) is 9.72. The van der Waals surface area contributed by atoms with Gasteiger partial charge in [-0.1, -0.05) is 29.8 Å². The number of primary amides is 1. The molecule has 5 rings (SSSR count). The predicted molar refractivity (Wildman–Crippen MR) is 110 cm³/mol. The Kier molecular flexibility index (Phi) is 4.16. The Morgan fingerprint density at radius 2 is 2.14 bits per heavy atom. The topological polar surface area (TPSA) is 119 Å². The molecule has 148 valence electrons. The van der Waals surface area contributed by atoms with Crippen molar-refractivity contribution in [2.75, 3.05) is 12.4 Å². The van der Waals surface area contributed by atoms with E-state index in [0.29, 0.717) is 39.3 Å². The lowest BCUT2D eigenvalue weighted by molar-refractivity contribution is -0.122. The number of aromatic amines is 1. The molecule has 4 atom stereocenters. The van der Waals surface area contributed by atoms with Crippen molar-refractivity contribution in [2.45, 2.75) is 12.5 Å². The molecular weight excluding hydrogens is 392 g/mol. The first-order chi connectivity index (χ1) is 14.0. The van der Waals surface area contributed by atoms with Crippen molar-refractivity contribution in [3.05, 3.63) is 41.6 Å². The van der Waals surface area contributed by atoms with Crippen LogP contribution in [0.15, 0.2) is 36.5 Å². The normalized spacial score (nSPS) is 24.9. The lowest BCUT2D eigenvalue weighted by atomic mass is 9.88. The quantitative estimate of drug-likeness (QED) is 0.556. The molecule has 1 saturated carbocycles. The minimum atomic E-state index is -0.299. The molecule has 0 aliphatic heterocycles. The van der Waals surface area contributed by atoms with E-state index < -0.39 is 0 Å². The number of pyridine rings is 2. The third kappa shape index (κ3) is 2.91. The van der Waals surface area contributed by atoms with Gasteiger partial charge in [-0.3, -0.25) is 4.79 Å². The molecule has 8 nitrogen and oxygen atoms in total. The number of rotatable bonds is 5. The molecule has 2 aliphatic carbocycles. The number of carbonyl (C=O) groups is 1. The lowest BCUT2D eigenvalue weighted by Gasteiger charge is -2.28. The van der Waals surface area contributed by atoms with Gasteiger partial charge >= 0.3 is 0 Å². The van der Waals surface area contributed by atoms with Crippen molar-refractivity contribution in [3.8, 4) is 17.4 Å². The molecular formula is C20H19ClN6O2. The monoisotopic (exact) mass is 410 g/mol. The average molecular weight is 411 g/mol. The van der Waals surface area contributed by atoms with Gasteiger partial charge in [0.15, 0.2) is 11.5 Å². The van der Waals surface area contributed by atoms with E-state index in [9.17, 15) is 4.79 Å². The zero-order valence-corrected chi connectivity index (χ0v) is 16.3. The van der Waals surface area contributed by atoms with Crippen LogP contribution in [-0.4, -0.2) is 39.0 Å². The van der Waals surface area contributed by atoms with E-state index in [2.05, 4.69) is 37.4 Å². The van der Waals surface area contributed by atoms with Gasteiger partial charge in [0.25, 0.3) is 0 Å². The molecule has 0 aromatic carbocycles. The summed E-state index contributed by atoms with van der Waals surface area (Å²) in [6.45, 7) is 0. The zero-order chi connectivity index (χ0) is 20.1. The number of hydrogen-bond donors (Lipinski definition) is 3. The van der Waals surface area contributed by atoms with Crippen molar-refractivity contribution in [2.24, 2.45) is 23.5 Å². The van der Waals surface area contributed by atoms with Gasteiger partial charge in [-0.05, 0) is 24.3 Å². The first-order valence-electron chi connectivity index (χ1n) is 9.35. The molecule has 3 heterocycles. The molecule has 4 N–H and O–H groups in total. The minimum absolute atomic E-state index is 0.118. The van der Waals surface area contributed by atoms with Crippen LogP contribution in [0.1, 0.15) is 6.42 Å². The van der Waals surface area contributed by atoms with Gasteiger partial charge in [0.05, 0.1) is 29.9 Å². The molecule has 1 fully saturated rings. The summed E-state index contributed by atoms with van der Waals surface area (Å²) in [5.41, 5.74) is 8.14. The molecule has 2 bridgehead atoms. The van der Waals surface area contributed by atoms with Gasteiger partial charge < -0.3 is 20.8 Å². The number of amides is 1. The molecule has 29 heavy (non-hydrogen) atoms. The van der Waals surface area contributed by atoms with Gasteiger partial charge in [-0.2, -0.15) is 0 Å². The number of H-pyrrole nitrogens is 1. The Morgan fingerprint density at radius 1 is 1.31 bits per heavy atom. The van der Waals surface area contributed by atoms with Gasteiger partial charge in [-0.25, -0.2) is 15.0 Å². The summed E-state index contributed by atoms with van der Waals surface area (Å²) in [5, 5.41) is 3.91. The summed E-state index contributed by atoms with van der Waals surface area (Å²) in [7, 11) is 1.56. The van der Waals surface area contributed by atoms with Crippen LogP contribution in [0, 0.1) is 17.8 Å². The van der Waals surface area contributed by atoms with Crippen molar-refractivity contribution in [3.63, 3.8) is 0 Å². The Hall–Kier alpha value is -3.13. The predicted octanol–water partition coefficient (Wildman–Crippen LogP) is 2.77. The number of imidazole rings is 1. The van der Waals surface area contributed by atoms with Crippen molar-refractivity contribution in [1.29, 1.82) is 0 Å². The molecule has 3 aromatic heterocycles. The summed E-state index contributed by atoms with van der Waals surface area (Å²) in [5.74, 6) is 0.878. The summed E-state index contributed by atoms with van der Waals surface area (Å²) in [6, 6.07) is 5.32. The van der Waals surface area contributed by atoms with Crippen LogP contribution in [0.5, 0.6) is 5.88 Å². The maximum absolute atomic E-state index is 12.1. The maximum atomic E-state index is 12.1. The number of carbonyl (C=O) groups excluding carboxylic acids is 1. The number of allylic oxidation sites excluding steroid dienone is 1. The van der Waals surface area contributed by atoms with Crippen LogP contribution in [0.2, 0.25) is 5.02 Å². The number of aromatic nitrogens is 4. The highest BCUT2D eigenvalue weighted by molar-refractivity contribution is 6.34. The summed E-state index contributed by atoms with van der Waals surface area (Å²) in [6.07, 6.45) is 6.70. The maximum Gasteiger partial charge on any atom is 0.223 e. The average Bonchev–Trinajstić information content (AvgIpc) is 3.44. The molecule has 1 amide bonds. The van der Waals surface area contributed by atoms with E-state index in [0.717, 1.165) is 6.42 Å². The Morgan fingerprint density at radius 3 is 2.93 bits per heavy atom. The van der Waals surface area contributed by atoms with E-state index in [4.69, 9.17) is 22.1 Å². The number of ether oxygens (including phenoxy) is 1. The highest BCUT2D eigenvalue weighted by Crippen LogP contribution is 2.46. The Bertz CT molecular complexity index is 1140. The van der Waals surface area contributed by atoms with Gasteiger partial charge in [0.1, 0.15) is 11.2 Å². The van der Waals surface area contributed by atoms with Crippen LogP contribution >= 0.6 is 11.6 Å². The minimum Gasteiger partial charge on any atom is -0.481 e. The Balaban J connectivity index is 1.55. The number of halogens is 1. The third-order valence-electron chi connectivity index (χ3n) is 5.75. The zero-order valence-electron chi connectivity index (χ0n) is 15.6. The van der Waals surface area contributed by atoms with Crippen molar-refractivity contribution in [1.82, 2.24) is 19.9 Å². The van der Waals surface area contributed by atoms with Gasteiger partial charge in [0.2, 0.25) is 11.8 Å². The van der Waals surface area contributed by atoms with Crippen molar-refractivity contribution >= 4 is 34.4 Å². The van der Waals surface area contributed by atoms with Crippen LogP contribution in [-0.2, 0) is 4.79 Å². The molecule has 0 spiro atoms. The second-order valence-electron chi connectivity index (χ2n) is 7.38. The fourth-order valence-electron chi connectivity index (χ4n) is 4.43. The second-order valence-corrected chi connectivity index (χ2v) is 7.78. The SMILES string of the molecule is COc1cccc(-c2nc3ncc(Cl)c(NC4C5C=CC(C5)C4C(N)=O)c3[nH]2)n1. The smallest absolute Gasteiger partial charge is 0.223 e. The molecule has 3 aromatic rings. The fraction of sp³-hybridized carbons (Fsp3) is 0.300. The van der Waals surface area contributed by atoms with Crippen LogP contribution in [0.4, 0.5) is 5.69 Å². The third-order valence-corrected chi connectivity index (χ3v) is 6.03. The first kappa shape index (κ1) is 17.9. The number of fused-ring (bicyclic) bond motifs is 3. The Labute approximate surface area is 171 Å². The van der Waals surface area contributed by atoms with Crippen LogP contribution in [0.25, 0.3) is 22.7 Å². The fourth-order valence-corrected chi connectivity index (χ4v) is 4.63. The van der Waals surface area contributed by atoms with Gasteiger partial charge in [0, 0.05) is 12.1 Å². The van der Waals surface area contributed by atoms with Crippen molar-refractivity contribution < 1.29 is 9.53 Å². The second kappa shape index (κ2) is 6.73. The number of nitrogens with one attached hydrogen (secondary N) is 2. The molecule has 0 radical (unpaired) electrons. The highest BCUT2D eigenvalue weighted by Gasteiger charge is 2.47. The van der Waals surface area contributed by atoms with E-state index in [1.165, 1.54) is 0 Å². The largest absolute Gasteiger partial charge is 0.481 e. The van der Waals surface area contributed by atoms with E-state index in [-0.39, 0.29) is 29.7 Å². The number of anilines is 1. The number of hydrogen-bond acceptors (Lipinski definition) is 6. The highest BCUT2D eigenvalue weighted by atomic mass is 35.5. The summed E-state index contributed by atoms with van der Waals surface area (Å²) < 4.78 is 5.19. The van der Waals surface area contributed by atoms with Crippen LogP contribution in [0.3, 0.4) is 0 Å². The molecule has 4 unspecified atom stereocenters. The van der Waals surface area contributed by atoms with E-state index in [1.54, 1.807) is 19.4 Å².